The summed E-state index contributed by atoms with van der Waals surface area (Å²) in [6, 6.07) is 4.72. The van der Waals surface area contributed by atoms with Crippen molar-refractivity contribution < 1.29 is 8.60 Å². The summed E-state index contributed by atoms with van der Waals surface area (Å²) in [4.78, 5) is 0. The minimum absolute atomic E-state index is 0.179. The Balaban J connectivity index is 2.84. The number of rotatable bonds is 4. The summed E-state index contributed by atoms with van der Waals surface area (Å²) in [5.41, 5.74) is 6.73. The minimum atomic E-state index is -0.858. The fourth-order valence-electron chi connectivity index (χ4n) is 1.16. The Morgan fingerprint density at radius 1 is 1.50 bits per heavy atom. The summed E-state index contributed by atoms with van der Waals surface area (Å²) >= 11 is 0. The van der Waals surface area contributed by atoms with Crippen molar-refractivity contribution in [2.24, 2.45) is 5.73 Å². The van der Waals surface area contributed by atoms with Crippen LogP contribution in [0.25, 0.3) is 0 Å². The molecule has 1 atom stereocenters. The van der Waals surface area contributed by atoms with Gasteiger partial charge in [-0.15, -0.1) is 0 Å². The Hall–Kier alpha value is -0.740. The van der Waals surface area contributed by atoms with Gasteiger partial charge in [0.1, 0.15) is 5.82 Å². The zero-order valence-corrected chi connectivity index (χ0v) is 8.94. The lowest BCUT2D eigenvalue weighted by atomic mass is 10.1. The molecule has 1 unspecified atom stereocenters. The molecule has 0 aliphatic carbocycles. The van der Waals surface area contributed by atoms with Crippen molar-refractivity contribution in [2.45, 2.75) is 19.2 Å². The van der Waals surface area contributed by atoms with Gasteiger partial charge in [-0.25, -0.2) is 4.39 Å². The summed E-state index contributed by atoms with van der Waals surface area (Å²) in [5, 5.41) is 0. The quantitative estimate of drug-likeness (QED) is 0.828. The first-order valence-corrected chi connectivity index (χ1v) is 5.98. The molecule has 0 amide bonds. The molecule has 0 fully saturated rings. The van der Waals surface area contributed by atoms with E-state index in [2.05, 4.69) is 0 Å². The predicted molar refractivity (Wildman–Crippen MR) is 56.7 cm³/mol. The van der Waals surface area contributed by atoms with Crippen molar-refractivity contribution in [3.05, 3.63) is 35.1 Å². The van der Waals surface area contributed by atoms with Gasteiger partial charge in [0.25, 0.3) is 0 Å². The van der Waals surface area contributed by atoms with Crippen LogP contribution in [0.15, 0.2) is 18.2 Å². The molecule has 2 N–H and O–H groups in total. The van der Waals surface area contributed by atoms with Crippen LogP contribution in [0.5, 0.6) is 0 Å². The normalized spacial score (nSPS) is 12.8. The van der Waals surface area contributed by atoms with Gasteiger partial charge in [-0.3, -0.25) is 4.21 Å². The lowest BCUT2D eigenvalue weighted by Gasteiger charge is -2.04. The first kappa shape index (κ1) is 11.3. The SMILES string of the molecule is CCS(=O)Cc1ccc(F)c(CN)c1. The van der Waals surface area contributed by atoms with Gasteiger partial charge in [-0.05, 0) is 11.6 Å². The van der Waals surface area contributed by atoms with Crippen LogP contribution in [-0.2, 0) is 23.1 Å². The maximum absolute atomic E-state index is 13.0. The van der Waals surface area contributed by atoms with E-state index < -0.39 is 10.8 Å². The highest BCUT2D eigenvalue weighted by atomic mass is 32.2. The van der Waals surface area contributed by atoms with E-state index in [-0.39, 0.29) is 12.4 Å². The molecule has 1 rings (SSSR count). The van der Waals surface area contributed by atoms with Gasteiger partial charge in [-0.2, -0.15) is 0 Å². The fraction of sp³-hybridized carbons (Fsp3) is 0.400. The predicted octanol–water partition coefficient (Wildman–Crippen LogP) is 1.55. The van der Waals surface area contributed by atoms with Gasteiger partial charge in [0.2, 0.25) is 0 Å². The molecular formula is C10H14FNOS. The van der Waals surface area contributed by atoms with Crippen molar-refractivity contribution in [1.82, 2.24) is 0 Å². The molecule has 0 aliphatic heterocycles. The Bertz CT molecular complexity index is 341. The zero-order valence-electron chi connectivity index (χ0n) is 8.13. The van der Waals surface area contributed by atoms with E-state index >= 15 is 0 Å². The van der Waals surface area contributed by atoms with Crippen LogP contribution in [0.4, 0.5) is 4.39 Å². The molecule has 0 aromatic heterocycles. The molecule has 4 heteroatoms. The first-order valence-electron chi connectivity index (χ1n) is 4.49. The molecule has 1 aromatic carbocycles. The van der Waals surface area contributed by atoms with Crippen molar-refractivity contribution in [3.63, 3.8) is 0 Å². The highest BCUT2D eigenvalue weighted by Gasteiger charge is 2.04. The third kappa shape index (κ3) is 2.89. The molecule has 2 nitrogen and oxygen atoms in total. The Morgan fingerprint density at radius 3 is 2.79 bits per heavy atom. The zero-order chi connectivity index (χ0) is 10.6. The van der Waals surface area contributed by atoms with Gasteiger partial charge >= 0.3 is 0 Å². The van der Waals surface area contributed by atoms with Gasteiger partial charge in [0, 0.05) is 34.4 Å². The van der Waals surface area contributed by atoms with E-state index in [0.717, 1.165) is 5.56 Å². The molecule has 1 aromatic rings. The Labute approximate surface area is 85.8 Å². The Morgan fingerprint density at radius 2 is 2.21 bits per heavy atom. The number of nitrogens with two attached hydrogens (primary N) is 1. The summed E-state index contributed by atoms with van der Waals surface area (Å²) in [5.74, 6) is 0.803. The third-order valence-electron chi connectivity index (χ3n) is 1.98. The Kier molecular flexibility index (Phi) is 4.22. The number of benzene rings is 1. The second-order valence-corrected chi connectivity index (χ2v) is 4.75. The summed E-state index contributed by atoms with van der Waals surface area (Å²) < 4.78 is 24.3. The monoisotopic (exact) mass is 215 g/mol. The fourth-order valence-corrected chi connectivity index (χ4v) is 1.92. The topological polar surface area (TPSA) is 43.1 Å². The first-order chi connectivity index (χ1) is 6.67. The second-order valence-electron chi connectivity index (χ2n) is 3.00. The van der Waals surface area contributed by atoms with Crippen LogP contribution in [0.2, 0.25) is 0 Å². The van der Waals surface area contributed by atoms with E-state index in [1.807, 2.05) is 6.92 Å². The minimum Gasteiger partial charge on any atom is -0.326 e. The smallest absolute Gasteiger partial charge is 0.127 e. The van der Waals surface area contributed by atoms with Crippen LogP contribution >= 0.6 is 0 Å². The highest BCUT2D eigenvalue weighted by Crippen LogP contribution is 2.11. The third-order valence-corrected chi connectivity index (χ3v) is 3.28. The maximum atomic E-state index is 13.0. The average Bonchev–Trinajstić information content (AvgIpc) is 2.20. The van der Waals surface area contributed by atoms with E-state index in [0.29, 0.717) is 17.1 Å². The molecule has 0 aliphatic rings. The van der Waals surface area contributed by atoms with Crippen LogP contribution in [-0.4, -0.2) is 9.96 Å². The number of hydrogen-bond donors (Lipinski definition) is 1. The number of hydrogen-bond acceptors (Lipinski definition) is 2. The van der Waals surface area contributed by atoms with E-state index in [1.165, 1.54) is 6.07 Å². The number of halogens is 1. The van der Waals surface area contributed by atoms with Crippen molar-refractivity contribution in [3.8, 4) is 0 Å². The summed E-state index contributed by atoms with van der Waals surface area (Å²) in [6.45, 7) is 2.04. The molecule has 0 bridgehead atoms. The van der Waals surface area contributed by atoms with Gasteiger partial charge in [0.15, 0.2) is 0 Å². The molecule has 0 heterocycles. The lowest BCUT2D eigenvalue weighted by molar-refractivity contribution is 0.610. The average molecular weight is 215 g/mol. The van der Waals surface area contributed by atoms with Crippen molar-refractivity contribution in [2.75, 3.05) is 5.75 Å². The molecular weight excluding hydrogens is 201 g/mol. The lowest BCUT2D eigenvalue weighted by Crippen LogP contribution is -2.03. The molecule has 14 heavy (non-hydrogen) atoms. The second kappa shape index (κ2) is 5.22. The maximum Gasteiger partial charge on any atom is 0.127 e. The van der Waals surface area contributed by atoms with Gasteiger partial charge in [0.05, 0.1) is 0 Å². The summed E-state index contributed by atoms with van der Waals surface area (Å²) in [7, 11) is -0.858. The van der Waals surface area contributed by atoms with Crippen LogP contribution in [0.3, 0.4) is 0 Å². The van der Waals surface area contributed by atoms with E-state index in [1.54, 1.807) is 12.1 Å². The van der Waals surface area contributed by atoms with E-state index in [4.69, 9.17) is 5.73 Å². The van der Waals surface area contributed by atoms with Crippen LogP contribution in [0, 0.1) is 5.82 Å². The standard InChI is InChI=1S/C10H14FNOS/c1-2-14(13)7-8-3-4-10(11)9(5-8)6-12/h3-5H,2,6-7,12H2,1H3. The molecule has 0 spiro atoms. The molecule has 0 saturated heterocycles. The van der Waals surface area contributed by atoms with Crippen LogP contribution < -0.4 is 5.73 Å². The molecule has 0 radical (unpaired) electrons. The highest BCUT2D eigenvalue weighted by molar-refractivity contribution is 7.84. The van der Waals surface area contributed by atoms with Gasteiger partial charge < -0.3 is 5.73 Å². The van der Waals surface area contributed by atoms with Crippen molar-refractivity contribution in [1.29, 1.82) is 0 Å². The molecule has 0 saturated carbocycles. The molecule has 78 valence electrons. The van der Waals surface area contributed by atoms with Gasteiger partial charge in [-0.1, -0.05) is 19.1 Å². The van der Waals surface area contributed by atoms with Crippen molar-refractivity contribution >= 4 is 10.8 Å². The largest absolute Gasteiger partial charge is 0.326 e. The van der Waals surface area contributed by atoms with Crippen LogP contribution in [0.1, 0.15) is 18.1 Å². The summed E-state index contributed by atoms with van der Waals surface area (Å²) in [6.07, 6.45) is 0. The van der Waals surface area contributed by atoms with E-state index in [9.17, 15) is 8.60 Å².